The highest BCUT2D eigenvalue weighted by Gasteiger charge is 2.20. The van der Waals surface area contributed by atoms with Crippen molar-refractivity contribution in [3.8, 4) is 28.3 Å². The number of nitrogens with zero attached hydrogens (tertiary/aromatic N) is 3. The number of aromatic nitrogens is 3. The predicted molar refractivity (Wildman–Crippen MR) is 213 cm³/mol. The zero-order chi connectivity index (χ0) is 32.8. The molecule has 0 radical (unpaired) electrons. The highest BCUT2D eigenvalue weighted by molar-refractivity contribution is 7.26. The highest BCUT2D eigenvalue weighted by Crippen LogP contribution is 2.42. The van der Waals surface area contributed by atoms with Crippen molar-refractivity contribution < 1.29 is 0 Å². The predicted octanol–water partition coefficient (Wildman–Crippen LogP) is 12.7. The van der Waals surface area contributed by atoms with E-state index in [0.717, 1.165) is 44.0 Å². The van der Waals surface area contributed by atoms with Crippen LogP contribution in [0.5, 0.6) is 0 Å². The first-order valence-corrected chi connectivity index (χ1v) is 17.7. The molecule has 0 aliphatic rings. The van der Waals surface area contributed by atoms with Gasteiger partial charge in [0.2, 0.25) is 5.95 Å². The van der Waals surface area contributed by atoms with Gasteiger partial charge in [0.1, 0.15) is 0 Å². The van der Waals surface area contributed by atoms with Crippen LogP contribution in [-0.4, -0.2) is 14.5 Å². The van der Waals surface area contributed by atoms with E-state index in [0.29, 0.717) is 5.95 Å². The lowest BCUT2D eigenvalue weighted by Crippen LogP contribution is -2.04. The van der Waals surface area contributed by atoms with Crippen LogP contribution in [0.2, 0.25) is 0 Å². The van der Waals surface area contributed by atoms with Crippen molar-refractivity contribution in [1.29, 1.82) is 0 Å². The Hall–Kier alpha value is -6.36. The number of rotatable bonds is 3. The summed E-state index contributed by atoms with van der Waals surface area (Å²) >= 11 is 1.87. The van der Waals surface area contributed by atoms with E-state index >= 15 is 0 Å². The maximum Gasteiger partial charge on any atom is 0.235 e. The lowest BCUT2D eigenvalue weighted by molar-refractivity contribution is 1.02. The van der Waals surface area contributed by atoms with E-state index in [1.165, 1.54) is 52.8 Å². The second-order valence-corrected chi connectivity index (χ2v) is 14.0. The minimum Gasteiger partial charge on any atom is -0.278 e. The molecule has 232 valence electrons. The minimum atomic E-state index is 0.669. The average molecular weight is 654 g/mol. The molecule has 0 bridgehead atoms. The number of benzene rings is 8. The summed E-state index contributed by atoms with van der Waals surface area (Å²) in [5.74, 6) is 0.669. The molecule has 0 amide bonds. The zero-order valence-corrected chi connectivity index (χ0v) is 27.7. The Kier molecular flexibility index (Phi) is 5.83. The fraction of sp³-hybridized carbons (Fsp3) is 0. The lowest BCUT2D eigenvalue weighted by atomic mass is 9.98. The van der Waals surface area contributed by atoms with Crippen LogP contribution in [0.4, 0.5) is 0 Å². The Balaban J connectivity index is 1.21. The maximum atomic E-state index is 5.47. The average Bonchev–Trinajstić information content (AvgIpc) is 3.73. The molecule has 0 aliphatic carbocycles. The topological polar surface area (TPSA) is 30.7 Å². The van der Waals surface area contributed by atoms with Crippen molar-refractivity contribution in [2.45, 2.75) is 0 Å². The number of hydrogen-bond acceptors (Lipinski definition) is 3. The Morgan fingerprint density at radius 3 is 1.98 bits per heavy atom. The molecule has 0 saturated carbocycles. The van der Waals surface area contributed by atoms with Gasteiger partial charge in [-0.3, -0.25) is 4.57 Å². The van der Waals surface area contributed by atoms with Crippen LogP contribution in [0.15, 0.2) is 164 Å². The monoisotopic (exact) mass is 653 g/mol. The van der Waals surface area contributed by atoms with Gasteiger partial charge in [-0.1, -0.05) is 133 Å². The van der Waals surface area contributed by atoms with Crippen molar-refractivity contribution in [2.24, 2.45) is 0 Å². The van der Waals surface area contributed by atoms with Gasteiger partial charge in [-0.2, -0.15) is 0 Å². The molecule has 0 N–H and O–H groups in total. The third kappa shape index (κ3) is 3.97. The summed E-state index contributed by atoms with van der Waals surface area (Å²) < 4.78 is 4.89. The summed E-state index contributed by atoms with van der Waals surface area (Å²) in [6, 6.07) is 58.9. The van der Waals surface area contributed by atoms with Gasteiger partial charge in [-0.25, -0.2) is 9.97 Å². The summed E-state index contributed by atoms with van der Waals surface area (Å²) in [4.78, 5) is 10.9. The molecule has 0 fully saturated rings. The van der Waals surface area contributed by atoms with Crippen LogP contribution < -0.4 is 0 Å². The van der Waals surface area contributed by atoms with Crippen LogP contribution in [0.1, 0.15) is 0 Å². The molecular formula is C46H27N3S. The summed E-state index contributed by atoms with van der Waals surface area (Å²) in [7, 11) is 0. The van der Waals surface area contributed by atoms with Crippen LogP contribution >= 0.6 is 11.3 Å². The van der Waals surface area contributed by atoms with Gasteiger partial charge in [0.25, 0.3) is 0 Å². The van der Waals surface area contributed by atoms with Crippen LogP contribution in [-0.2, 0) is 0 Å². The van der Waals surface area contributed by atoms with E-state index in [-0.39, 0.29) is 0 Å². The van der Waals surface area contributed by atoms with Gasteiger partial charge < -0.3 is 0 Å². The molecule has 3 heterocycles. The Morgan fingerprint density at radius 1 is 0.420 bits per heavy atom. The van der Waals surface area contributed by atoms with Gasteiger partial charge in [0.05, 0.1) is 22.2 Å². The summed E-state index contributed by atoms with van der Waals surface area (Å²) in [6.07, 6.45) is 0. The molecule has 3 nitrogen and oxygen atoms in total. The molecule has 3 aromatic heterocycles. The molecule has 0 aliphatic heterocycles. The van der Waals surface area contributed by atoms with Crippen molar-refractivity contribution in [2.75, 3.05) is 0 Å². The minimum absolute atomic E-state index is 0.669. The Labute approximate surface area is 291 Å². The van der Waals surface area contributed by atoms with Crippen LogP contribution in [0, 0.1) is 0 Å². The Bertz CT molecular complexity index is 3160. The van der Waals surface area contributed by atoms with E-state index in [1.807, 2.05) is 11.3 Å². The second kappa shape index (κ2) is 10.6. The molecule has 8 aromatic carbocycles. The second-order valence-electron chi connectivity index (χ2n) is 12.9. The van der Waals surface area contributed by atoms with Crippen molar-refractivity contribution in [3.63, 3.8) is 0 Å². The normalized spacial score (nSPS) is 12.0. The smallest absolute Gasteiger partial charge is 0.235 e. The van der Waals surface area contributed by atoms with Gasteiger partial charge >= 0.3 is 0 Å². The quantitative estimate of drug-likeness (QED) is 0.178. The van der Waals surface area contributed by atoms with Crippen LogP contribution in [0.3, 0.4) is 0 Å². The van der Waals surface area contributed by atoms with E-state index in [4.69, 9.17) is 9.97 Å². The Morgan fingerprint density at radius 2 is 1.08 bits per heavy atom. The maximum absolute atomic E-state index is 5.47. The van der Waals surface area contributed by atoms with E-state index < -0.39 is 0 Å². The van der Waals surface area contributed by atoms with Crippen molar-refractivity contribution in [3.05, 3.63) is 164 Å². The van der Waals surface area contributed by atoms with Crippen LogP contribution in [0.25, 0.3) is 103 Å². The van der Waals surface area contributed by atoms with Gasteiger partial charge in [-0.15, -0.1) is 11.3 Å². The first-order chi connectivity index (χ1) is 24.8. The third-order valence-corrected chi connectivity index (χ3v) is 11.4. The van der Waals surface area contributed by atoms with E-state index in [2.05, 4.69) is 168 Å². The standard InChI is InChI=1S/C46H27N3S/c1-3-14-31-28(11-1)13-9-19-36(31)44-38-25-23-29-12-2-4-15-32(29)43(38)47-46(48-44)49-40-21-7-5-16-34(40)39-27-30(24-26-41(39)49)33-18-10-20-37-35-17-6-8-22-42(35)50-45(33)37/h1-27H. The molecule has 50 heavy (non-hydrogen) atoms. The number of thiophene rings is 1. The largest absolute Gasteiger partial charge is 0.278 e. The van der Waals surface area contributed by atoms with Gasteiger partial charge in [0.15, 0.2) is 0 Å². The molecule has 0 saturated heterocycles. The van der Waals surface area contributed by atoms with Gasteiger partial charge in [-0.05, 0) is 57.6 Å². The zero-order valence-electron chi connectivity index (χ0n) is 26.8. The van der Waals surface area contributed by atoms with E-state index in [9.17, 15) is 0 Å². The first-order valence-electron chi connectivity index (χ1n) is 16.9. The van der Waals surface area contributed by atoms with Gasteiger partial charge in [0, 0.05) is 47.3 Å². The highest BCUT2D eigenvalue weighted by atomic mass is 32.1. The third-order valence-electron chi connectivity index (χ3n) is 10.2. The molecule has 0 unspecified atom stereocenters. The van der Waals surface area contributed by atoms with Crippen molar-refractivity contribution >= 4 is 85.8 Å². The number of fused-ring (bicyclic) bond motifs is 10. The SMILES string of the molecule is c1ccc2c(-c3nc(-n4c5ccccc5c5cc(-c6cccc7c6sc6ccccc67)ccc54)nc4c3ccc3ccccc34)cccc2c1. The fourth-order valence-corrected chi connectivity index (χ4v) is 9.16. The first kappa shape index (κ1) is 27.6. The molecular weight excluding hydrogens is 627 g/mol. The molecule has 0 spiro atoms. The summed E-state index contributed by atoms with van der Waals surface area (Å²) in [5.41, 5.74) is 7.63. The lowest BCUT2D eigenvalue weighted by Gasteiger charge is -2.14. The number of para-hydroxylation sites is 1. The number of hydrogen-bond donors (Lipinski definition) is 0. The molecule has 11 aromatic rings. The summed E-state index contributed by atoms with van der Waals surface area (Å²) in [6.45, 7) is 0. The molecule has 4 heteroatoms. The molecule has 11 rings (SSSR count). The molecule has 0 atom stereocenters. The van der Waals surface area contributed by atoms with E-state index in [1.54, 1.807) is 0 Å². The fourth-order valence-electron chi connectivity index (χ4n) is 7.92. The summed E-state index contributed by atoms with van der Waals surface area (Å²) in [5, 5.41) is 10.7. The van der Waals surface area contributed by atoms with Crippen molar-refractivity contribution in [1.82, 2.24) is 14.5 Å².